The van der Waals surface area contributed by atoms with Crippen molar-refractivity contribution in [3.05, 3.63) is 72.3 Å². The number of sulfonamides is 2. The molecule has 0 spiro atoms. The Morgan fingerprint density at radius 3 is 2.19 bits per heavy atom. The predicted octanol–water partition coefficient (Wildman–Crippen LogP) is 5.02. The quantitative estimate of drug-likeness (QED) is 0.342. The summed E-state index contributed by atoms with van der Waals surface area (Å²) in [6.07, 6.45) is 2.94. The van der Waals surface area contributed by atoms with Crippen molar-refractivity contribution in [3.8, 4) is 5.75 Å². The third kappa shape index (κ3) is 6.97. The second-order valence-electron chi connectivity index (χ2n) is 11.5. The number of hydrogen-bond donors (Lipinski definition) is 2. The molecule has 2 saturated heterocycles. The van der Waals surface area contributed by atoms with Crippen LogP contribution in [0.3, 0.4) is 0 Å². The third-order valence-corrected chi connectivity index (χ3v) is 11.1. The molecule has 0 saturated carbocycles. The van der Waals surface area contributed by atoms with Gasteiger partial charge in [0.25, 0.3) is 15.9 Å². The standard InChI is InChI=1S/C31H38N4O6S2/c1-22-17-23(2)21-35(20-22)43(39,40)28-8-6-7-24(18-28)31(36)32-29-19-27(13-14-30(29)34-15-4-5-16-34)42(37,38)33-25-9-11-26(41-3)12-10-25/h6-14,18-19,22-23,33H,4-5,15-17,20-21H2,1-3H3,(H,32,36)/t22-,23-/m1/s1. The van der Waals surface area contributed by atoms with Crippen molar-refractivity contribution < 1.29 is 26.4 Å². The van der Waals surface area contributed by atoms with Crippen LogP contribution in [0.5, 0.6) is 5.75 Å². The zero-order chi connectivity index (χ0) is 30.8. The largest absolute Gasteiger partial charge is 0.497 e. The van der Waals surface area contributed by atoms with E-state index < -0.39 is 26.0 Å². The van der Waals surface area contributed by atoms with Gasteiger partial charge in [0.15, 0.2) is 0 Å². The summed E-state index contributed by atoms with van der Waals surface area (Å²) >= 11 is 0. The summed E-state index contributed by atoms with van der Waals surface area (Å²) in [6, 6.07) is 17.2. The van der Waals surface area contributed by atoms with Crippen molar-refractivity contribution in [1.29, 1.82) is 0 Å². The number of carbonyl (C=O) groups is 1. The molecule has 10 nitrogen and oxygen atoms in total. The van der Waals surface area contributed by atoms with Crippen LogP contribution in [0, 0.1) is 11.8 Å². The number of ether oxygens (including phenoxy) is 1. The van der Waals surface area contributed by atoms with Gasteiger partial charge in [-0.15, -0.1) is 0 Å². The predicted molar refractivity (Wildman–Crippen MR) is 168 cm³/mol. The molecule has 3 aromatic carbocycles. The molecule has 0 aromatic heterocycles. The number of hydrogen-bond acceptors (Lipinski definition) is 7. The van der Waals surface area contributed by atoms with E-state index in [4.69, 9.17) is 4.74 Å². The molecular weight excluding hydrogens is 588 g/mol. The van der Waals surface area contributed by atoms with Gasteiger partial charge in [-0.3, -0.25) is 9.52 Å². The average molecular weight is 627 g/mol. The fourth-order valence-electron chi connectivity index (χ4n) is 5.83. The van der Waals surface area contributed by atoms with Gasteiger partial charge in [0.2, 0.25) is 10.0 Å². The molecular formula is C31H38N4O6S2. The first-order valence-electron chi connectivity index (χ1n) is 14.4. The Kier molecular flexibility index (Phi) is 9.00. The number of amides is 1. The Bertz CT molecular complexity index is 1680. The lowest BCUT2D eigenvalue weighted by Crippen LogP contribution is -2.42. The average Bonchev–Trinajstić information content (AvgIpc) is 3.52. The van der Waals surface area contributed by atoms with E-state index in [1.807, 2.05) is 13.8 Å². The molecule has 3 aromatic rings. The third-order valence-electron chi connectivity index (χ3n) is 7.88. The van der Waals surface area contributed by atoms with Crippen molar-refractivity contribution in [3.63, 3.8) is 0 Å². The van der Waals surface area contributed by atoms with Crippen LogP contribution in [0.2, 0.25) is 0 Å². The zero-order valence-corrected chi connectivity index (χ0v) is 26.2. The number of rotatable bonds is 9. The maximum atomic E-state index is 13.5. The molecule has 2 heterocycles. The molecule has 12 heteroatoms. The molecule has 0 bridgehead atoms. The number of nitrogens with one attached hydrogen (secondary N) is 2. The van der Waals surface area contributed by atoms with Gasteiger partial charge in [0.05, 0.1) is 28.3 Å². The Morgan fingerprint density at radius 2 is 1.53 bits per heavy atom. The Morgan fingerprint density at radius 1 is 0.860 bits per heavy atom. The number of methoxy groups -OCH3 is 1. The van der Waals surface area contributed by atoms with Gasteiger partial charge in [-0.25, -0.2) is 16.8 Å². The molecule has 43 heavy (non-hydrogen) atoms. The molecule has 2 aliphatic heterocycles. The Balaban J connectivity index is 1.42. The Hall–Kier alpha value is -3.61. The molecule has 2 fully saturated rings. The zero-order valence-electron chi connectivity index (χ0n) is 24.6. The first kappa shape index (κ1) is 30.8. The van der Waals surface area contributed by atoms with Gasteiger partial charge in [0.1, 0.15) is 5.75 Å². The van der Waals surface area contributed by atoms with Crippen molar-refractivity contribution in [1.82, 2.24) is 4.31 Å². The second kappa shape index (κ2) is 12.6. The topological polar surface area (TPSA) is 125 Å². The second-order valence-corrected chi connectivity index (χ2v) is 15.1. The molecule has 2 N–H and O–H groups in total. The maximum absolute atomic E-state index is 13.5. The molecule has 2 aliphatic rings. The summed E-state index contributed by atoms with van der Waals surface area (Å²) in [5.74, 6) is 0.559. The van der Waals surface area contributed by atoms with Crippen LogP contribution in [0.25, 0.3) is 0 Å². The summed E-state index contributed by atoms with van der Waals surface area (Å²) in [5.41, 5.74) is 1.56. The Labute approximate surface area is 254 Å². The molecule has 2 atom stereocenters. The molecule has 230 valence electrons. The van der Waals surface area contributed by atoms with Gasteiger partial charge in [-0.05, 0) is 91.8 Å². The molecule has 0 aliphatic carbocycles. The van der Waals surface area contributed by atoms with Crippen LogP contribution < -0.4 is 19.7 Å². The number of piperidine rings is 1. The van der Waals surface area contributed by atoms with E-state index in [1.165, 1.54) is 35.7 Å². The normalized spacial score (nSPS) is 19.7. The van der Waals surface area contributed by atoms with Crippen LogP contribution in [0.1, 0.15) is 43.5 Å². The van der Waals surface area contributed by atoms with Gasteiger partial charge >= 0.3 is 0 Å². The lowest BCUT2D eigenvalue weighted by molar-refractivity contribution is 0.102. The minimum atomic E-state index is -3.99. The van der Waals surface area contributed by atoms with Crippen molar-refractivity contribution >= 4 is 43.0 Å². The monoisotopic (exact) mass is 626 g/mol. The summed E-state index contributed by atoms with van der Waals surface area (Å²) in [7, 11) is -6.25. The first-order valence-corrected chi connectivity index (χ1v) is 17.4. The van der Waals surface area contributed by atoms with Gasteiger partial charge in [0, 0.05) is 37.4 Å². The molecule has 0 radical (unpaired) electrons. The summed E-state index contributed by atoms with van der Waals surface area (Å²) < 4.78 is 62.8. The lowest BCUT2D eigenvalue weighted by Gasteiger charge is -2.34. The lowest BCUT2D eigenvalue weighted by atomic mass is 9.94. The van der Waals surface area contributed by atoms with Crippen molar-refractivity contribution in [2.75, 3.05) is 48.2 Å². The van der Waals surface area contributed by atoms with E-state index in [0.717, 1.165) is 32.4 Å². The summed E-state index contributed by atoms with van der Waals surface area (Å²) in [4.78, 5) is 15.7. The van der Waals surface area contributed by atoms with E-state index in [2.05, 4.69) is 14.9 Å². The SMILES string of the molecule is COc1ccc(NS(=O)(=O)c2ccc(N3CCCC3)c(NC(=O)c3cccc(S(=O)(=O)N4C[C@H](C)C[C@@H](C)C4)c3)c2)cc1. The van der Waals surface area contributed by atoms with Crippen LogP contribution in [-0.2, 0) is 20.0 Å². The van der Waals surface area contributed by atoms with E-state index >= 15 is 0 Å². The summed E-state index contributed by atoms with van der Waals surface area (Å²) in [5, 5.41) is 2.87. The van der Waals surface area contributed by atoms with Crippen LogP contribution in [0.4, 0.5) is 17.1 Å². The van der Waals surface area contributed by atoms with Gasteiger partial charge in [-0.2, -0.15) is 4.31 Å². The van der Waals surface area contributed by atoms with E-state index in [9.17, 15) is 21.6 Å². The van der Waals surface area contributed by atoms with Crippen LogP contribution in [-0.4, -0.2) is 60.3 Å². The molecule has 5 rings (SSSR count). The fourth-order valence-corrected chi connectivity index (χ4v) is 8.64. The van der Waals surface area contributed by atoms with Crippen LogP contribution in [0.15, 0.2) is 76.5 Å². The van der Waals surface area contributed by atoms with E-state index in [0.29, 0.717) is 35.9 Å². The summed E-state index contributed by atoms with van der Waals surface area (Å²) in [6.45, 7) is 6.52. The smallest absolute Gasteiger partial charge is 0.261 e. The highest BCUT2D eigenvalue weighted by atomic mass is 32.2. The first-order chi connectivity index (χ1) is 20.5. The van der Waals surface area contributed by atoms with Gasteiger partial charge in [-0.1, -0.05) is 19.9 Å². The molecule has 1 amide bonds. The van der Waals surface area contributed by atoms with Gasteiger partial charge < -0.3 is 15.0 Å². The highest BCUT2D eigenvalue weighted by Crippen LogP contribution is 2.33. The number of benzene rings is 3. The van der Waals surface area contributed by atoms with Crippen molar-refractivity contribution in [2.24, 2.45) is 11.8 Å². The minimum absolute atomic E-state index is 0.0220. The number of carbonyl (C=O) groups excluding carboxylic acids is 1. The fraction of sp³-hybridized carbons (Fsp3) is 0.387. The van der Waals surface area contributed by atoms with Crippen molar-refractivity contribution in [2.45, 2.75) is 42.9 Å². The minimum Gasteiger partial charge on any atom is -0.497 e. The number of nitrogens with zero attached hydrogens (tertiary/aromatic N) is 2. The highest BCUT2D eigenvalue weighted by molar-refractivity contribution is 7.92. The maximum Gasteiger partial charge on any atom is 0.261 e. The molecule has 0 unspecified atom stereocenters. The van der Waals surface area contributed by atoms with E-state index in [1.54, 1.807) is 42.5 Å². The highest BCUT2D eigenvalue weighted by Gasteiger charge is 2.32. The number of anilines is 3. The van der Waals surface area contributed by atoms with E-state index in [-0.39, 0.29) is 27.2 Å². The van der Waals surface area contributed by atoms with Crippen LogP contribution >= 0.6 is 0 Å².